The minimum absolute atomic E-state index is 0.451. The number of anilines is 1. The minimum Gasteiger partial charge on any atom is -0.379 e. The molecule has 1 saturated heterocycles. The Bertz CT molecular complexity index is 487. The lowest BCUT2D eigenvalue weighted by Gasteiger charge is -2.26. The minimum atomic E-state index is -0.653. The Hall–Kier alpha value is -1.44. The first kappa shape index (κ1) is 15.9. The highest BCUT2D eigenvalue weighted by atomic mass is 79.9. The van der Waals surface area contributed by atoms with Crippen molar-refractivity contribution < 1.29 is 14.3 Å². The second-order valence-corrected chi connectivity index (χ2v) is 5.59. The molecule has 2 N–H and O–H groups in total. The molecular weight excluding hydrogens is 338 g/mol. The largest absolute Gasteiger partial charge is 0.379 e. The molecule has 1 heterocycles. The van der Waals surface area contributed by atoms with Crippen molar-refractivity contribution in [1.82, 2.24) is 10.2 Å². The van der Waals surface area contributed by atoms with Crippen LogP contribution in [-0.4, -0.2) is 56.1 Å². The molecule has 1 aliphatic heterocycles. The second-order valence-electron chi connectivity index (χ2n) is 4.67. The Balaban J connectivity index is 1.69. The van der Waals surface area contributed by atoms with Crippen molar-refractivity contribution in [3.05, 3.63) is 28.7 Å². The van der Waals surface area contributed by atoms with E-state index in [1.54, 1.807) is 24.3 Å². The summed E-state index contributed by atoms with van der Waals surface area (Å²) >= 11 is 3.31. The lowest BCUT2D eigenvalue weighted by atomic mass is 10.3. The van der Waals surface area contributed by atoms with Crippen molar-refractivity contribution in [2.45, 2.75) is 0 Å². The van der Waals surface area contributed by atoms with Crippen LogP contribution in [0.25, 0.3) is 0 Å². The van der Waals surface area contributed by atoms with Crippen LogP contribution in [0, 0.1) is 0 Å². The summed E-state index contributed by atoms with van der Waals surface area (Å²) < 4.78 is 6.16. The van der Waals surface area contributed by atoms with Crippen molar-refractivity contribution >= 4 is 33.4 Å². The molecule has 0 saturated carbocycles. The van der Waals surface area contributed by atoms with Crippen molar-refractivity contribution in [2.75, 3.05) is 44.7 Å². The zero-order valence-electron chi connectivity index (χ0n) is 11.6. The summed E-state index contributed by atoms with van der Waals surface area (Å²) in [7, 11) is 0. The average Bonchev–Trinajstić information content (AvgIpc) is 2.50. The number of halogens is 1. The van der Waals surface area contributed by atoms with Crippen LogP contribution < -0.4 is 10.6 Å². The van der Waals surface area contributed by atoms with Gasteiger partial charge in [-0.2, -0.15) is 0 Å². The first-order valence-corrected chi connectivity index (χ1v) is 7.59. The SMILES string of the molecule is O=C(NCCN1CCOCC1)C(=O)Nc1ccc(Br)cc1. The molecule has 2 amide bonds. The molecule has 0 aromatic heterocycles. The normalized spacial score (nSPS) is 15.5. The third-order valence-corrected chi connectivity index (χ3v) is 3.65. The van der Waals surface area contributed by atoms with Crippen LogP contribution >= 0.6 is 15.9 Å². The fourth-order valence-corrected chi connectivity index (χ4v) is 2.22. The van der Waals surface area contributed by atoms with Crippen molar-refractivity contribution in [1.29, 1.82) is 0 Å². The van der Waals surface area contributed by atoms with Gasteiger partial charge < -0.3 is 15.4 Å². The number of ether oxygens (including phenoxy) is 1. The van der Waals surface area contributed by atoms with Crippen molar-refractivity contribution in [3.8, 4) is 0 Å². The smallest absolute Gasteiger partial charge is 0.313 e. The third kappa shape index (κ3) is 5.45. The van der Waals surface area contributed by atoms with E-state index >= 15 is 0 Å². The molecule has 0 radical (unpaired) electrons. The number of nitrogens with one attached hydrogen (secondary N) is 2. The molecule has 21 heavy (non-hydrogen) atoms. The highest BCUT2D eigenvalue weighted by Crippen LogP contribution is 2.13. The second kappa shape index (κ2) is 8.11. The summed E-state index contributed by atoms with van der Waals surface area (Å²) in [6.07, 6.45) is 0. The highest BCUT2D eigenvalue weighted by molar-refractivity contribution is 9.10. The summed E-state index contributed by atoms with van der Waals surface area (Å²) in [6.45, 7) is 4.34. The van der Waals surface area contributed by atoms with Crippen LogP contribution in [0.4, 0.5) is 5.69 Å². The quantitative estimate of drug-likeness (QED) is 0.785. The molecule has 0 unspecified atom stereocenters. The molecule has 1 aliphatic rings. The van der Waals surface area contributed by atoms with Crippen molar-refractivity contribution in [2.24, 2.45) is 0 Å². The van der Waals surface area contributed by atoms with Crippen LogP contribution in [0.15, 0.2) is 28.7 Å². The monoisotopic (exact) mass is 355 g/mol. The fourth-order valence-electron chi connectivity index (χ4n) is 1.95. The highest BCUT2D eigenvalue weighted by Gasteiger charge is 2.14. The molecular formula is C14H18BrN3O3. The summed E-state index contributed by atoms with van der Waals surface area (Å²) in [5.74, 6) is -1.27. The van der Waals surface area contributed by atoms with Crippen LogP contribution in [0.2, 0.25) is 0 Å². The van der Waals surface area contributed by atoms with Gasteiger partial charge >= 0.3 is 11.8 Å². The Kier molecular flexibility index (Phi) is 6.16. The van der Waals surface area contributed by atoms with Gasteiger partial charge in [-0.3, -0.25) is 14.5 Å². The number of benzene rings is 1. The van der Waals surface area contributed by atoms with Gasteiger partial charge in [0, 0.05) is 36.3 Å². The van der Waals surface area contributed by atoms with E-state index in [1.807, 2.05) is 0 Å². The van der Waals surface area contributed by atoms with E-state index in [4.69, 9.17) is 4.74 Å². The third-order valence-electron chi connectivity index (χ3n) is 3.13. The molecule has 0 aliphatic carbocycles. The van der Waals surface area contributed by atoms with Crippen LogP contribution in [-0.2, 0) is 14.3 Å². The van der Waals surface area contributed by atoms with Crippen LogP contribution in [0.3, 0.4) is 0 Å². The average molecular weight is 356 g/mol. The van der Waals surface area contributed by atoms with Gasteiger partial charge in [-0.05, 0) is 24.3 Å². The maximum atomic E-state index is 11.7. The Morgan fingerprint density at radius 3 is 2.48 bits per heavy atom. The summed E-state index contributed by atoms with van der Waals surface area (Å²) in [4.78, 5) is 25.6. The summed E-state index contributed by atoms with van der Waals surface area (Å²) in [5, 5.41) is 5.17. The lowest BCUT2D eigenvalue weighted by molar-refractivity contribution is -0.136. The van der Waals surface area contributed by atoms with Gasteiger partial charge in [0.1, 0.15) is 0 Å². The van der Waals surface area contributed by atoms with Crippen LogP contribution in [0.5, 0.6) is 0 Å². The fraction of sp³-hybridized carbons (Fsp3) is 0.429. The van der Waals surface area contributed by atoms with E-state index in [-0.39, 0.29) is 0 Å². The van der Waals surface area contributed by atoms with E-state index in [0.717, 1.165) is 37.3 Å². The lowest BCUT2D eigenvalue weighted by Crippen LogP contribution is -2.43. The molecule has 2 rings (SSSR count). The van der Waals surface area contributed by atoms with E-state index in [2.05, 4.69) is 31.5 Å². The predicted molar refractivity (Wildman–Crippen MR) is 83.0 cm³/mol. The molecule has 1 fully saturated rings. The van der Waals surface area contributed by atoms with Gasteiger partial charge in [-0.25, -0.2) is 0 Å². The first-order chi connectivity index (χ1) is 10.1. The molecule has 6 nitrogen and oxygen atoms in total. The number of carbonyl (C=O) groups excluding carboxylic acids is 2. The molecule has 0 atom stereocenters. The van der Waals surface area contributed by atoms with Gasteiger partial charge in [0.25, 0.3) is 0 Å². The van der Waals surface area contributed by atoms with Gasteiger partial charge in [0.15, 0.2) is 0 Å². The van der Waals surface area contributed by atoms with Crippen molar-refractivity contribution in [3.63, 3.8) is 0 Å². The number of morpholine rings is 1. The van der Waals surface area contributed by atoms with Crippen LogP contribution in [0.1, 0.15) is 0 Å². The number of nitrogens with zero attached hydrogens (tertiary/aromatic N) is 1. The number of amides is 2. The molecule has 1 aromatic carbocycles. The molecule has 1 aromatic rings. The number of rotatable bonds is 4. The Labute approximate surface area is 132 Å². The molecule has 114 valence electrons. The van der Waals surface area contributed by atoms with E-state index in [0.29, 0.717) is 12.2 Å². The predicted octanol–water partition coefficient (Wildman–Crippen LogP) is 0.836. The Morgan fingerprint density at radius 1 is 1.14 bits per heavy atom. The molecule has 7 heteroatoms. The molecule has 0 bridgehead atoms. The van der Waals surface area contributed by atoms with E-state index in [9.17, 15) is 9.59 Å². The number of hydrogen-bond acceptors (Lipinski definition) is 4. The molecule has 0 spiro atoms. The zero-order valence-corrected chi connectivity index (χ0v) is 13.2. The summed E-state index contributed by atoms with van der Waals surface area (Å²) in [5.41, 5.74) is 0.589. The maximum Gasteiger partial charge on any atom is 0.313 e. The summed E-state index contributed by atoms with van der Waals surface area (Å²) in [6, 6.07) is 7.05. The first-order valence-electron chi connectivity index (χ1n) is 6.80. The van der Waals surface area contributed by atoms with E-state index in [1.165, 1.54) is 0 Å². The number of hydrogen-bond donors (Lipinski definition) is 2. The zero-order chi connectivity index (χ0) is 15.1. The van der Waals surface area contributed by atoms with E-state index < -0.39 is 11.8 Å². The maximum absolute atomic E-state index is 11.7. The van der Waals surface area contributed by atoms with Gasteiger partial charge in [0.05, 0.1) is 13.2 Å². The van der Waals surface area contributed by atoms with Gasteiger partial charge in [-0.1, -0.05) is 15.9 Å². The standard InChI is InChI=1S/C14H18BrN3O3/c15-11-1-3-12(4-2-11)17-14(20)13(19)16-5-6-18-7-9-21-10-8-18/h1-4H,5-10H2,(H,16,19)(H,17,20). The number of carbonyl (C=O) groups is 2. The topological polar surface area (TPSA) is 70.7 Å². The van der Waals surface area contributed by atoms with Gasteiger partial charge in [0.2, 0.25) is 0 Å². The Morgan fingerprint density at radius 2 is 1.81 bits per heavy atom. The van der Waals surface area contributed by atoms with Gasteiger partial charge in [-0.15, -0.1) is 0 Å².